The van der Waals surface area contributed by atoms with Crippen LogP contribution in [-0.4, -0.2) is 34.6 Å². The lowest BCUT2D eigenvalue weighted by Gasteiger charge is -2.14. The van der Waals surface area contributed by atoms with E-state index in [1.54, 1.807) is 11.7 Å². The average molecular weight is 335 g/mol. The highest BCUT2D eigenvalue weighted by Crippen LogP contribution is 2.22. The zero-order valence-corrected chi connectivity index (χ0v) is 15.7. The first-order valence-electron chi connectivity index (χ1n) is 8.01. The topological polar surface area (TPSA) is 68.5 Å². The SMILES string of the molecule is CC.COC(C)(C)C.Cc1ccc2c(c1)c(C(=O)O)cn2CC=O. The predicted octanol–water partition coefficient (Wildman–Crippen LogP) is 4.30. The van der Waals surface area contributed by atoms with Crippen molar-refractivity contribution in [1.29, 1.82) is 0 Å². The number of methoxy groups -OCH3 is 1. The highest BCUT2D eigenvalue weighted by Gasteiger charge is 2.13. The van der Waals surface area contributed by atoms with Gasteiger partial charge in [-0.25, -0.2) is 4.79 Å². The Morgan fingerprint density at radius 3 is 2.25 bits per heavy atom. The van der Waals surface area contributed by atoms with Gasteiger partial charge < -0.3 is 19.2 Å². The van der Waals surface area contributed by atoms with E-state index in [0.717, 1.165) is 17.4 Å². The molecule has 0 unspecified atom stereocenters. The zero-order chi connectivity index (χ0) is 18.9. The number of carbonyl (C=O) groups is 2. The molecule has 0 saturated carbocycles. The first kappa shape index (κ1) is 21.9. The number of carboxylic acids is 1. The number of aryl methyl sites for hydroxylation is 1. The summed E-state index contributed by atoms with van der Waals surface area (Å²) in [6, 6.07) is 5.55. The maximum Gasteiger partial charge on any atom is 0.337 e. The number of carbonyl (C=O) groups excluding carboxylic acids is 1. The Balaban J connectivity index is 0.000000563. The van der Waals surface area contributed by atoms with Gasteiger partial charge in [-0.3, -0.25) is 0 Å². The fourth-order valence-electron chi connectivity index (χ4n) is 1.81. The lowest BCUT2D eigenvalue weighted by atomic mass is 10.1. The van der Waals surface area contributed by atoms with Crippen molar-refractivity contribution in [2.24, 2.45) is 0 Å². The van der Waals surface area contributed by atoms with E-state index in [4.69, 9.17) is 9.84 Å². The van der Waals surface area contributed by atoms with Crippen LogP contribution in [0.15, 0.2) is 24.4 Å². The number of benzene rings is 1. The van der Waals surface area contributed by atoms with Crippen LogP contribution in [0.5, 0.6) is 0 Å². The summed E-state index contributed by atoms with van der Waals surface area (Å²) in [5.41, 5.74) is 2.05. The van der Waals surface area contributed by atoms with E-state index >= 15 is 0 Å². The van der Waals surface area contributed by atoms with Gasteiger partial charge in [0.25, 0.3) is 0 Å². The van der Waals surface area contributed by atoms with Crippen molar-refractivity contribution in [3.8, 4) is 0 Å². The van der Waals surface area contributed by atoms with Crippen LogP contribution >= 0.6 is 0 Å². The molecule has 0 radical (unpaired) electrons. The normalized spacial score (nSPS) is 10.3. The summed E-state index contributed by atoms with van der Waals surface area (Å²) in [4.78, 5) is 21.5. The third kappa shape index (κ3) is 6.54. The van der Waals surface area contributed by atoms with Gasteiger partial charge in [-0.1, -0.05) is 25.5 Å². The first-order chi connectivity index (χ1) is 11.2. The number of aromatic nitrogens is 1. The van der Waals surface area contributed by atoms with E-state index in [9.17, 15) is 9.59 Å². The molecule has 1 N–H and O–H groups in total. The fraction of sp³-hybridized carbons (Fsp3) is 0.474. The molecule has 134 valence electrons. The number of carboxylic acid groups (broad SMARTS) is 1. The van der Waals surface area contributed by atoms with Crippen LogP contribution in [0.4, 0.5) is 0 Å². The Labute approximate surface area is 144 Å². The molecule has 0 bridgehead atoms. The zero-order valence-electron chi connectivity index (χ0n) is 15.7. The molecule has 0 amide bonds. The maximum atomic E-state index is 11.0. The monoisotopic (exact) mass is 335 g/mol. The van der Waals surface area contributed by atoms with E-state index < -0.39 is 5.97 Å². The highest BCUT2D eigenvalue weighted by molar-refractivity contribution is 6.03. The van der Waals surface area contributed by atoms with Crippen molar-refractivity contribution >= 4 is 23.2 Å². The molecule has 0 spiro atoms. The van der Waals surface area contributed by atoms with Crippen molar-refractivity contribution in [3.63, 3.8) is 0 Å². The van der Waals surface area contributed by atoms with Gasteiger partial charge in [0.05, 0.1) is 17.7 Å². The minimum absolute atomic E-state index is 0.0417. The largest absolute Gasteiger partial charge is 0.478 e. The number of aldehydes is 1. The Kier molecular flexibility index (Phi) is 9.00. The second-order valence-electron chi connectivity index (χ2n) is 6.00. The summed E-state index contributed by atoms with van der Waals surface area (Å²) < 4.78 is 6.58. The number of aromatic carboxylic acids is 1. The van der Waals surface area contributed by atoms with Crippen LogP contribution in [0.3, 0.4) is 0 Å². The number of hydrogen-bond donors (Lipinski definition) is 1. The van der Waals surface area contributed by atoms with Gasteiger partial charge in [-0.15, -0.1) is 0 Å². The van der Waals surface area contributed by atoms with Crippen molar-refractivity contribution in [3.05, 3.63) is 35.5 Å². The second kappa shape index (κ2) is 9.88. The smallest absolute Gasteiger partial charge is 0.337 e. The van der Waals surface area contributed by atoms with Crippen LogP contribution in [0.25, 0.3) is 10.9 Å². The lowest BCUT2D eigenvalue weighted by molar-refractivity contribution is -0.108. The van der Waals surface area contributed by atoms with Gasteiger partial charge in [0.1, 0.15) is 6.29 Å². The van der Waals surface area contributed by atoms with Gasteiger partial charge in [0.2, 0.25) is 0 Å². The Morgan fingerprint density at radius 2 is 1.83 bits per heavy atom. The molecule has 0 atom stereocenters. The second-order valence-corrected chi connectivity index (χ2v) is 6.00. The third-order valence-corrected chi connectivity index (χ3v) is 3.15. The molecule has 1 heterocycles. The van der Waals surface area contributed by atoms with E-state index in [1.165, 1.54) is 6.20 Å². The van der Waals surface area contributed by atoms with Gasteiger partial charge in [0, 0.05) is 24.2 Å². The summed E-state index contributed by atoms with van der Waals surface area (Å²) in [7, 11) is 1.71. The highest BCUT2D eigenvalue weighted by atomic mass is 16.5. The molecule has 1 aromatic carbocycles. The van der Waals surface area contributed by atoms with Gasteiger partial charge in [0.15, 0.2) is 0 Å². The van der Waals surface area contributed by atoms with E-state index in [-0.39, 0.29) is 17.7 Å². The number of nitrogens with zero attached hydrogens (tertiary/aromatic N) is 1. The summed E-state index contributed by atoms with van der Waals surface area (Å²) in [5, 5.41) is 9.73. The van der Waals surface area contributed by atoms with Crippen molar-refractivity contribution in [1.82, 2.24) is 4.57 Å². The molecule has 2 rings (SSSR count). The van der Waals surface area contributed by atoms with Crippen molar-refractivity contribution in [2.45, 2.75) is 53.7 Å². The molecular formula is C19H29NO4. The Morgan fingerprint density at radius 1 is 1.29 bits per heavy atom. The quantitative estimate of drug-likeness (QED) is 0.849. The number of ether oxygens (including phenoxy) is 1. The summed E-state index contributed by atoms with van der Waals surface area (Å²) in [6.07, 6.45) is 2.26. The molecule has 5 heteroatoms. The van der Waals surface area contributed by atoms with Crippen molar-refractivity contribution in [2.75, 3.05) is 7.11 Å². The van der Waals surface area contributed by atoms with Crippen LogP contribution in [0, 0.1) is 6.92 Å². The van der Waals surface area contributed by atoms with Crippen LogP contribution in [0.2, 0.25) is 0 Å². The van der Waals surface area contributed by atoms with Gasteiger partial charge in [-0.2, -0.15) is 0 Å². The Bertz CT molecular complexity index is 666. The number of rotatable bonds is 3. The van der Waals surface area contributed by atoms with Crippen LogP contribution in [-0.2, 0) is 16.1 Å². The number of hydrogen-bond acceptors (Lipinski definition) is 3. The van der Waals surface area contributed by atoms with E-state index in [0.29, 0.717) is 5.39 Å². The summed E-state index contributed by atoms with van der Waals surface area (Å²) >= 11 is 0. The molecule has 24 heavy (non-hydrogen) atoms. The molecule has 0 aliphatic carbocycles. The lowest BCUT2D eigenvalue weighted by Crippen LogP contribution is -2.15. The third-order valence-electron chi connectivity index (χ3n) is 3.15. The standard InChI is InChI=1S/C12H11NO3.C5H12O.C2H6/c1-8-2-3-11-9(6-8)10(12(15)16)7-13(11)4-5-14;1-5(2,3)6-4;1-2/h2-3,5-7H,4H2,1H3,(H,15,16);1-4H3;1-2H3. The van der Waals surface area contributed by atoms with Crippen molar-refractivity contribution < 1.29 is 19.4 Å². The van der Waals surface area contributed by atoms with E-state index in [1.807, 2.05) is 59.7 Å². The molecule has 0 aliphatic heterocycles. The minimum Gasteiger partial charge on any atom is -0.478 e. The van der Waals surface area contributed by atoms with Gasteiger partial charge >= 0.3 is 5.97 Å². The minimum atomic E-state index is -0.972. The first-order valence-corrected chi connectivity index (χ1v) is 8.01. The molecule has 1 aromatic heterocycles. The van der Waals surface area contributed by atoms with Gasteiger partial charge in [-0.05, 0) is 39.8 Å². The van der Waals surface area contributed by atoms with E-state index in [2.05, 4.69) is 0 Å². The number of fused-ring (bicyclic) bond motifs is 1. The average Bonchev–Trinajstić information content (AvgIpc) is 2.88. The molecule has 0 saturated heterocycles. The Hall–Kier alpha value is -2.14. The maximum absolute atomic E-state index is 11.0. The van der Waals surface area contributed by atoms with Crippen LogP contribution in [0.1, 0.15) is 50.5 Å². The molecular weight excluding hydrogens is 306 g/mol. The molecule has 5 nitrogen and oxygen atoms in total. The fourth-order valence-corrected chi connectivity index (χ4v) is 1.81. The summed E-state index contributed by atoms with van der Waals surface area (Å²) in [6.45, 7) is 12.1. The molecule has 2 aromatic rings. The predicted molar refractivity (Wildman–Crippen MR) is 97.8 cm³/mol. The van der Waals surface area contributed by atoms with Crippen LogP contribution < -0.4 is 0 Å². The molecule has 0 aliphatic rings. The summed E-state index contributed by atoms with van der Waals surface area (Å²) in [5.74, 6) is -0.972. The molecule has 0 fully saturated rings.